The molecule has 0 amide bonds. The van der Waals surface area contributed by atoms with Gasteiger partial charge in [-0.3, -0.25) is 4.79 Å². The van der Waals surface area contributed by atoms with Gasteiger partial charge in [0.15, 0.2) is 5.82 Å². The molecule has 9 heteroatoms. The largest absolute Gasteiger partial charge is 0.481 e. The molecule has 0 fully saturated rings. The minimum Gasteiger partial charge on any atom is -0.481 e. The molecule has 0 heterocycles. The van der Waals surface area contributed by atoms with Crippen molar-refractivity contribution in [2.75, 3.05) is 0 Å². The monoisotopic (exact) mass is 357 g/mol. The summed E-state index contributed by atoms with van der Waals surface area (Å²) in [7, 11) is -4.14. The highest BCUT2D eigenvalue weighted by molar-refractivity contribution is 7.89. The first-order chi connectivity index (χ1) is 9.69. The number of sulfonamides is 1. The zero-order chi connectivity index (χ0) is 16.2. The van der Waals surface area contributed by atoms with Gasteiger partial charge in [-0.1, -0.05) is 36.5 Å². The fourth-order valence-corrected chi connectivity index (χ4v) is 3.78. The van der Waals surface area contributed by atoms with Gasteiger partial charge in [0.05, 0.1) is 16.5 Å². The van der Waals surface area contributed by atoms with Crippen molar-refractivity contribution in [3.63, 3.8) is 0 Å². The number of benzene rings is 1. The molecule has 0 saturated carbocycles. The van der Waals surface area contributed by atoms with Gasteiger partial charge in [-0.25, -0.2) is 17.5 Å². The summed E-state index contributed by atoms with van der Waals surface area (Å²) >= 11 is 11.2. The van der Waals surface area contributed by atoms with E-state index in [4.69, 9.17) is 28.3 Å². The van der Waals surface area contributed by atoms with Crippen LogP contribution >= 0.6 is 23.2 Å². The maximum absolute atomic E-state index is 13.6. The Morgan fingerprint density at radius 2 is 2.05 bits per heavy atom. The summed E-state index contributed by atoms with van der Waals surface area (Å²) in [5.74, 6) is -2.17. The van der Waals surface area contributed by atoms with E-state index in [0.29, 0.717) is 12.8 Å². The molecule has 118 valence electrons. The number of hydrogen-bond donors (Lipinski definition) is 2. The van der Waals surface area contributed by atoms with Crippen molar-refractivity contribution in [3.05, 3.63) is 28.0 Å². The van der Waals surface area contributed by atoms with Crippen LogP contribution in [0.4, 0.5) is 4.39 Å². The number of halogens is 3. The van der Waals surface area contributed by atoms with E-state index >= 15 is 0 Å². The summed E-state index contributed by atoms with van der Waals surface area (Å²) in [5.41, 5.74) is 0. The van der Waals surface area contributed by atoms with Gasteiger partial charge in [0.2, 0.25) is 10.0 Å². The predicted octanol–water partition coefficient (Wildman–Crippen LogP) is 3.05. The molecule has 2 N–H and O–H groups in total. The van der Waals surface area contributed by atoms with Crippen LogP contribution < -0.4 is 4.72 Å². The molecule has 1 unspecified atom stereocenters. The lowest BCUT2D eigenvalue weighted by Crippen LogP contribution is -2.36. The molecule has 0 aliphatic carbocycles. The van der Waals surface area contributed by atoms with Crippen molar-refractivity contribution in [1.29, 1.82) is 0 Å². The molecule has 0 aliphatic heterocycles. The van der Waals surface area contributed by atoms with Gasteiger partial charge in [0, 0.05) is 6.04 Å². The first kappa shape index (κ1) is 18.2. The number of hydrogen-bond acceptors (Lipinski definition) is 3. The van der Waals surface area contributed by atoms with Gasteiger partial charge in [-0.15, -0.1) is 0 Å². The van der Waals surface area contributed by atoms with E-state index in [9.17, 15) is 17.6 Å². The molecule has 0 aromatic heterocycles. The summed E-state index contributed by atoms with van der Waals surface area (Å²) in [4.78, 5) is 10.3. The summed E-state index contributed by atoms with van der Waals surface area (Å²) in [6, 6.07) is 1.34. The molecule has 1 rings (SSSR count). The van der Waals surface area contributed by atoms with Crippen LogP contribution in [0.2, 0.25) is 10.0 Å². The maximum Gasteiger partial charge on any atom is 0.304 e. The number of nitrogens with one attached hydrogen (secondary N) is 1. The van der Waals surface area contributed by atoms with Gasteiger partial charge >= 0.3 is 5.97 Å². The Bertz CT molecular complexity index is 636. The normalized spacial score (nSPS) is 13.1. The van der Waals surface area contributed by atoms with Crippen LogP contribution in [0.25, 0.3) is 0 Å². The van der Waals surface area contributed by atoms with Crippen molar-refractivity contribution in [2.45, 2.75) is 37.1 Å². The van der Waals surface area contributed by atoms with Crippen molar-refractivity contribution >= 4 is 39.2 Å². The minimum atomic E-state index is -4.14. The quantitative estimate of drug-likeness (QED) is 0.734. The molecule has 1 aromatic carbocycles. The van der Waals surface area contributed by atoms with Crippen LogP contribution in [0.15, 0.2) is 17.0 Å². The van der Waals surface area contributed by atoms with Crippen LogP contribution in [0.5, 0.6) is 0 Å². The minimum absolute atomic E-state index is 0.297. The Kier molecular flexibility index (Phi) is 6.40. The summed E-state index contributed by atoms with van der Waals surface area (Å²) < 4.78 is 40.2. The molecule has 0 spiro atoms. The second-order valence-corrected chi connectivity index (χ2v) is 6.85. The Morgan fingerprint density at radius 3 is 2.57 bits per heavy atom. The summed E-state index contributed by atoms with van der Waals surface area (Å²) in [5, 5.41) is 7.85. The van der Waals surface area contributed by atoms with Crippen molar-refractivity contribution in [2.24, 2.45) is 0 Å². The highest BCUT2D eigenvalue weighted by Gasteiger charge is 2.25. The maximum atomic E-state index is 13.6. The second kappa shape index (κ2) is 7.40. The highest BCUT2D eigenvalue weighted by atomic mass is 35.5. The molecule has 0 saturated heterocycles. The summed E-state index contributed by atoms with van der Waals surface area (Å²) in [6.45, 7) is 1.79. The topological polar surface area (TPSA) is 83.5 Å². The molecule has 0 aliphatic rings. The molecule has 5 nitrogen and oxygen atoms in total. The number of carbonyl (C=O) groups is 1. The van der Waals surface area contributed by atoms with Gasteiger partial charge < -0.3 is 5.11 Å². The zero-order valence-corrected chi connectivity index (χ0v) is 13.4. The average Bonchev–Trinajstić information content (AvgIpc) is 2.34. The molecule has 21 heavy (non-hydrogen) atoms. The van der Waals surface area contributed by atoms with Crippen LogP contribution in [-0.2, 0) is 14.8 Å². The van der Waals surface area contributed by atoms with Crippen molar-refractivity contribution in [1.82, 2.24) is 4.72 Å². The number of aliphatic carboxylic acids is 1. The van der Waals surface area contributed by atoms with E-state index in [1.54, 1.807) is 6.92 Å². The van der Waals surface area contributed by atoms with Gasteiger partial charge in [-0.2, -0.15) is 0 Å². The standard InChI is InChI=1S/C12H14Cl2FNO4S/c1-2-3-7(6-10(17)18)16-21(19,20)9-5-4-8(13)12(15)11(9)14/h4-5,7,16H,2-3,6H2,1H3,(H,17,18). The van der Waals surface area contributed by atoms with E-state index in [0.717, 1.165) is 12.1 Å². The Balaban J connectivity index is 3.10. The number of carboxylic acid groups (broad SMARTS) is 1. The third-order valence-corrected chi connectivity index (χ3v) is 5.01. The Hall–Kier alpha value is -0.890. The van der Waals surface area contributed by atoms with Gasteiger partial charge in [0.1, 0.15) is 4.90 Å². The van der Waals surface area contributed by atoms with Crippen LogP contribution in [-0.4, -0.2) is 25.5 Å². The zero-order valence-electron chi connectivity index (χ0n) is 11.1. The lowest BCUT2D eigenvalue weighted by Gasteiger charge is -2.17. The van der Waals surface area contributed by atoms with E-state index in [1.807, 2.05) is 0 Å². The molecule has 0 bridgehead atoms. The van der Waals surface area contributed by atoms with Gasteiger partial charge in [-0.05, 0) is 18.6 Å². The second-order valence-electron chi connectivity index (χ2n) is 4.38. The molecular formula is C12H14Cl2FNO4S. The lowest BCUT2D eigenvalue weighted by atomic mass is 10.1. The third kappa shape index (κ3) is 4.81. The first-order valence-electron chi connectivity index (χ1n) is 6.06. The predicted molar refractivity (Wildman–Crippen MR) is 77.7 cm³/mol. The average molecular weight is 358 g/mol. The van der Waals surface area contributed by atoms with E-state index in [1.165, 1.54) is 0 Å². The molecule has 0 radical (unpaired) electrons. The fraction of sp³-hybridized carbons (Fsp3) is 0.417. The van der Waals surface area contributed by atoms with Crippen LogP contribution in [0.1, 0.15) is 26.2 Å². The third-order valence-electron chi connectivity index (χ3n) is 2.67. The van der Waals surface area contributed by atoms with Crippen molar-refractivity contribution < 1.29 is 22.7 Å². The van der Waals surface area contributed by atoms with E-state index in [-0.39, 0.29) is 11.4 Å². The van der Waals surface area contributed by atoms with E-state index < -0.39 is 37.8 Å². The number of carboxylic acids is 1. The lowest BCUT2D eigenvalue weighted by molar-refractivity contribution is -0.137. The molecule has 1 atom stereocenters. The Morgan fingerprint density at radius 1 is 1.43 bits per heavy atom. The van der Waals surface area contributed by atoms with Crippen LogP contribution in [0.3, 0.4) is 0 Å². The van der Waals surface area contributed by atoms with Gasteiger partial charge in [0.25, 0.3) is 0 Å². The smallest absolute Gasteiger partial charge is 0.304 e. The fourth-order valence-electron chi connectivity index (χ4n) is 1.76. The Labute approximate surface area is 132 Å². The molecular weight excluding hydrogens is 344 g/mol. The molecule has 1 aromatic rings. The highest BCUT2D eigenvalue weighted by Crippen LogP contribution is 2.29. The van der Waals surface area contributed by atoms with E-state index in [2.05, 4.69) is 4.72 Å². The van der Waals surface area contributed by atoms with Crippen molar-refractivity contribution in [3.8, 4) is 0 Å². The number of rotatable bonds is 7. The SMILES string of the molecule is CCCC(CC(=O)O)NS(=O)(=O)c1ccc(Cl)c(F)c1Cl. The first-order valence-corrected chi connectivity index (χ1v) is 8.30. The summed E-state index contributed by atoms with van der Waals surface area (Å²) in [6.07, 6.45) is 0.545. The van der Waals surface area contributed by atoms with Crippen LogP contribution in [0, 0.1) is 5.82 Å².